The molecule has 7 heteroatoms. The number of carbonyl (C=O) groups is 1. The van der Waals surface area contributed by atoms with Crippen LogP contribution in [0.1, 0.15) is 33.1 Å². The Morgan fingerprint density at radius 2 is 1.95 bits per heavy atom. The fourth-order valence-electron chi connectivity index (χ4n) is 2.42. The SMILES string of the molecule is CC(C)[C@@H](NS(=O)(=O)c1cccs1)C(=O)N1CCCCC1. The van der Waals surface area contributed by atoms with Crippen molar-refractivity contribution in [1.82, 2.24) is 9.62 Å². The maximum atomic E-state index is 12.6. The van der Waals surface area contributed by atoms with Gasteiger partial charge >= 0.3 is 0 Å². The molecule has 0 bridgehead atoms. The van der Waals surface area contributed by atoms with Crippen molar-refractivity contribution in [1.29, 1.82) is 0 Å². The van der Waals surface area contributed by atoms with Crippen LogP contribution < -0.4 is 4.72 Å². The Labute approximate surface area is 130 Å². The molecular formula is C14H22N2O3S2. The number of hydrogen-bond donors (Lipinski definition) is 1. The molecule has 1 N–H and O–H groups in total. The number of amides is 1. The first kappa shape index (κ1) is 16.5. The number of sulfonamides is 1. The number of likely N-dealkylation sites (tertiary alicyclic amines) is 1. The van der Waals surface area contributed by atoms with Crippen LogP contribution in [0.3, 0.4) is 0 Å². The third-order valence-electron chi connectivity index (χ3n) is 3.64. The summed E-state index contributed by atoms with van der Waals surface area (Å²) in [4.78, 5) is 14.4. The minimum atomic E-state index is -3.62. The van der Waals surface area contributed by atoms with E-state index >= 15 is 0 Å². The van der Waals surface area contributed by atoms with E-state index in [1.807, 2.05) is 13.8 Å². The predicted molar refractivity (Wildman–Crippen MR) is 83.7 cm³/mol. The summed E-state index contributed by atoms with van der Waals surface area (Å²) in [5.74, 6) is -0.195. The van der Waals surface area contributed by atoms with Gasteiger partial charge in [0.1, 0.15) is 10.3 Å². The second-order valence-corrected chi connectivity index (χ2v) is 8.55. The van der Waals surface area contributed by atoms with E-state index in [4.69, 9.17) is 0 Å². The third kappa shape index (κ3) is 4.05. The summed E-state index contributed by atoms with van der Waals surface area (Å²) in [6.07, 6.45) is 3.12. The van der Waals surface area contributed by atoms with E-state index in [9.17, 15) is 13.2 Å². The zero-order valence-corrected chi connectivity index (χ0v) is 14.0. The molecule has 1 aromatic rings. The molecule has 118 valence electrons. The van der Waals surface area contributed by atoms with Gasteiger partial charge in [-0.3, -0.25) is 4.79 Å². The highest BCUT2D eigenvalue weighted by atomic mass is 32.2. The van der Waals surface area contributed by atoms with Gasteiger partial charge in [-0.25, -0.2) is 8.42 Å². The van der Waals surface area contributed by atoms with Crippen molar-refractivity contribution >= 4 is 27.3 Å². The molecule has 0 spiro atoms. The van der Waals surface area contributed by atoms with Crippen molar-refractivity contribution in [3.8, 4) is 0 Å². The molecule has 1 aliphatic rings. The maximum absolute atomic E-state index is 12.6. The van der Waals surface area contributed by atoms with Crippen LogP contribution in [-0.4, -0.2) is 38.4 Å². The van der Waals surface area contributed by atoms with E-state index in [0.29, 0.717) is 0 Å². The number of nitrogens with one attached hydrogen (secondary N) is 1. The summed E-state index contributed by atoms with van der Waals surface area (Å²) in [5, 5.41) is 1.71. The fraction of sp³-hybridized carbons (Fsp3) is 0.643. The lowest BCUT2D eigenvalue weighted by atomic mass is 10.0. The van der Waals surface area contributed by atoms with Crippen LogP contribution in [-0.2, 0) is 14.8 Å². The van der Waals surface area contributed by atoms with Gasteiger partial charge in [-0.1, -0.05) is 19.9 Å². The summed E-state index contributed by atoms with van der Waals surface area (Å²) >= 11 is 1.16. The average molecular weight is 330 g/mol. The van der Waals surface area contributed by atoms with Gasteiger partial charge in [0.2, 0.25) is 5.91 Å². The molecule has 0 unspecified atom stereocenters. The molecule has 1 atom stereocenters. The summed E-state index contributed by atoms with van der Waals surface area (Å²) in [5.41, 5.74) is 0. The predicted octanol–water partition coefficient (Wildman–Crippen LogP) is 2.06. The highest BCUT2D eigenvalue weighted by Gasteiger charge is 2.32. The zero-order chi connectivity index (χ0) is 15.5. The molecule has 5 nitrogen and oxygen atoms in total. The normalized spacial score (nSPS) is 18.0. The molecule has 1 aromatic heterocycles. The van der Waals surface area contributed by atoms with Gasteiger partial charge < -0.3 is 4.90 Å². The van der Waals surface area contributed by atoms with Crippen molar-refractivity contribution in [2.75, 3.05) is 13.1 Å². The van der Waals surface area contributed by atoms with E-state index < -0.39 is 16.1 Å². The number of carbonyl (C=O) groups excluding carboxylic acids is 1. The van der Waals surface area contributed by atoms with Gasteiger partial charge in [-0.2, -0.15) is 4.72 Å². The Kier molecular flexibility index (Phi) is 5.40. The number of hydrogen-bond acceptors (Lipinski definition) is 4. The highest BCUT2D eigenvalue weighted by molar-refractivity contribution is 7.91. The largest absolute Gasteiger partial charge is 0.341 e. The van der Waals surface area contributed by atoms with E-state index in [-0.39, 0.29) is 16.0 Å². The number of thiophene rings is 1. The average Bonchev–Trinajstić information content (AvgIpc) is 3.00. The quantitative estimate of drug-likeness (QED) is 0.899. The lowest BCUT2D eigenvalue weighted by Gasteiger charge is -2.32. The minimum absolute atomic E-state index is 0.0887. The zero-order valence-electron chi connectivity index (χ0n) is 12.4. The molecule has 0 aromatic carbocycles. The smallest absolute Gasteiger partial charge is 0.250 e. The molecule has 0 radical (unpaired) electrons. The Morgan fingerprint density at radius 1 is 1.29 bits per heavy atom. The van der Waals surface area contributed by atoms with Gasteiger partial charge in [-0.05, 0) is 36.6 Å². The van der Waals surface area contributed by atoms with Gasteiger partial charge in [0.15, 0.2) is 0 Å². The van der Waals surface area contributed by atoms with Gasteiger partial charge in [-0.15, -0.1) is 11.3 Å². The molecule has 1 aliphatic heterocycles. The van der Waals surface area contributed by atoms with Crippen molar-refractivity contribution in [3.63, 3.8) is 0 Å². The number of nitrogens with zero attached hydrogens (tertiary/aromatic N) is 1. The second-order valence-electron chi connectivity index (χ2n) is 5.66. The van der Waals surface area contributed by atoms with Crippen LogP contribution in [0.15, 0.2) is 21.7 Å². The molecule has 0 aliphatic carbocycles. The second kappa shape index (κ2) is 6.89. The maximum Gasteiger partial charge on any atom is 0.250 e. The Morgan fingerprint density at radius 3 is 2.48 bits per heavy atom. The Bertz CT molecular complexity index is 561. The van der Waals surface area contributed by atoms with E-state index in [2.05, 4.69) is 4.72 Å². The summed E-state index contributed by atoms with van der Waals surface area (Å²) in [6, 6.07) is 2.54. The highest BCUT2D eigenvalue weighted by Crippen LogP contribution is 2.19. The van der Waals surface area contributed by atoms with Crippen LogP contribution in [0.4, 0.5) is 0 Å². The van der Waals surface area contributed by atoms with Crippen LogP contribution in [0.25, 0.3) is 0 Å². The van der Waals surface area contributed by atoms with E-state index in [1.54, 1.807) is 22.4 Å². The summed E-state index contributed by atoms with van der Waals surface area (Å²) in [6.45, 7) is 5.18. The van der Waals surface area contributed by atoms with Crippen molar-refractivity contribution < 1.29 is 13.2 Å². The summed E-state index contributed by atoms with van der Waals surface area (Å²) < 4.78 is 27.5. The minimum Gasteiger partial charge on any atom is -0.341 e. The van der Waals surface area contributed by atoms with Crippen molar-refractivity contribution in [2.24, 2.45) is 5.92 Å². The number of piperidine rings is 1. The van der Waals surface area contributed by atoms with E-state index in [0.717, 1.165) is 43.7 Å². The van der Waals surface area contributed by atoms with Gasteiger partial charge in [0, 0.05) is 13.1 Å². The van der Waals surface area contributed by atoms with Crippen LogP contribution in [0.2, 0.25) is 0 Å². The van der Waals surface area contributed by atoms with Gasteiger partial charge in [0.25, 0.3) is 10.0 Å². The monoisotopic (exact) mass is 330 g/mol. The van der Waals surface area contributed by atoms with Crippen LogP contribution in [0.5, 0.6) is 0 Å². The first-order valence-electron chi connectivity index (χ1n) is 7.26. The Balaban J connectivity index is 2.14. The van der Waals surface area contributed by atoms with Crippen LogP contribution in [0, 0.1) is 5.92 Å². The lowest BCUT2D eigenvalue weighted by Crippen LogP contribution is -2.52. The van der Waals surface area contributed by atoms with E-state index in [1.165, 1.54) is 0 Å². The molecule has 2 heterocycles. The summed E-state index contributed by atoms with van der Waals surface area (Å²) in [7, 11) is -3.62. The molecule has 21 heavy (non-hydrogen) atoms. The van der Waals surface area contributed by atoms with Crippen LogP contribution >= 0.6 is 11.3 Å². The Hall–Kier alpha value is -0.920. The van der Waals surface area contributed by atoms with Crippen molar-refractivity contribution in [2.45, 2.75) is 43.4 Å². The standard InChI is InChI=1S/C14H22N2O3S2/c1-11(2)13(14(17)16-8-4-3-5-9-16)15-21(18,19)12-7-6-10-20-12/h6-7,10-11,13,15H,3-5,8-9H2,1-2H3/t13-/m1/s1. The number of rotatable bonds is 5. The first-order chi connectivity index (χ1) is 9.92. The lowest BCUT2D eigenvalue weighted by molar-refractivity contribution is -0.134. The fourth-order valence-corrected chi connectivity index (χ4v) is 4.77. The van der Waals surface area contributed by atoms with Gasteiger partial charge in [0.05, 0.1) is 0 Å². The third-order valence-corrected chi connectivity index (χ3v) is 6.48. The molecule has 1 saturated heterocycles. The topological polar surface area (TPSA) is 66.5 Å². The van der Waals surface area contributed by atoms with Crippen molar-refractivity contribution in [3.05, 3.63) is 17.5 Å². The molecule has 1 amide bonds. The first-order valence-corrected chi connectivity index (χ1v) is 9.63. The molecule has 2 rings (SSSR count). The molecule has 1 fully saturated rings. The molecular weight excluding hydrogens is 308 g/mol. The molecule has 0 saturated carbocycles.